The van der Waals surface area contributed by atoms with E-state index < -0.39 is 12.2 Å². The number of benzene rings is 1. The average Bonchev–Trinajstić information content (AvgIpc) is 3.58. The SMILES string of the molecule is C[C@@]1(c2cccc(NC(=O)c3ncc(C#N)cc3C3CC3)c2)C=C(CF)OC(N)=N1. The maximum atomic E-state index is 13.1. The standard InChI is InChI=1S/C22H20FN5O2/c1-22(9-17(10-23)30-21(25)28-22)15-3-2-4-16(8-15)27-20(29)19-18(14-5-6-14)7-13(11-24)12-26-19/h2-4,7-9,12,14H,5-6,10H2,1H3,(H2,25,28)(H,27,29)/t22-/m0/s1. The van der Waals surface area contributed by atoms with Gasteiger partial charge in [0.05, 0.1) is 5.56 Å². The van der Waals surface area contributed by atoms with Crippen LogP contribution in [0.4, 0.5) is 10.1 Å². The van der Waals surface area contributed by atoms with Crippen molar-refractivity contribution >= 4 is 17.6 Å². The van der Waals surface area contributed by atoms with Crippen LogP contribution in [-0.4, -0.2) is 23.6 Å². The summed E-state index contributed by atoms with van der Waals surface area (Å²) >= 11 is 0. The fourth-order valence-corrected chi connectivity index (χ4v) is 3.52. The lowest BCUT2D eigenvalue weighted by molar-refractivity contribution is 0.102. The van der Waals surface area contributed by atoms with Crippen LogP contribution in [-0.2, 0) is 10.3 Å². The van der Waals surface area contributed by atoms with Crippen molar-refractivity contribution in [2.45, 2.75) is 31.2 Å². The number of hydrogen-bond acceptors (Lipinski definition) is 6. The van der Waals surface area contributed by atoms with E-state index in [4.69, 9.17) is 15.7 Å². The molecule has 1 aromatic carbocycles. The molecule has 0 saturated heterocycles. The summed E-state index contributed by atoms with van der Waals surface area (Å²) in [5.74, 6) is 0.00887. The van der Waals surface area contributed by atoms with E-state index in [0.717, 1.165) is 18.4 Å². The molecule has 0 radical (unpaired) electrons. The predicted molar refractivity (Wildman–Crippen MR) is 109 cm³/mol. The van der Waals surface area contributed by atoms with Crippen molar-refractivity contribution in [3.05, 3.63) is 70.7 Å². The molecular weight excluding hydrogens is 385 g/mol. The summed E-state index contributed by atoms with van der Waals surface area (Å²) in [5, 5.41) is 12.0. The number of anilines is 1. The lowest BCUT2D eigenvalue weighted by Gasteiger charge is -2.27. The summed E-state index contributed by atoms with van der Waals surface area (Å²) in [6.45, 7) is 0.989. The maximum Gasteiger partial charge on any atom is 0.288 e. The molecule has 0 spiro atoms. The molecule has 2 aliphatic rings. The van der Waals surface area contributed by atoms with Crippen LogP contribution in [0, 0.1) is 11.3 Å². The summed E-state index contributed by atoms with van der Waals surface area (Å²) < 4.78 is 18.2. The highest BCUT2D eigenvalue weighted by atomic mass is 19.1. The number of nitrogens with two attached hydrogens (primary N) is 1. The van der Waals surface area contributed by atoms with E-state index in [2.05, 4.69) is 21.4 Å². The zero-order valence-electron chi connectivity index (χ0n) is 16.4. The third kappa shape index (κ3) is 3.87. The van der Waals surface area contributed by atoms with E-state index in [0.29, 0.717) is 22.5 Å². The van der Waals surface area contributed by atoms with Gasteiger partial charge in [0.1, 0.15) is 29.7 Å². The number of aromatic nitrogens is 1. The summed E-state index contributed by atoms with van der Waals surface area (Å²) in [6.07, 6.45) is 4.93. The first-order valence-corrected chi connectivity index (χ1v) is 9.54. The number of rotatable bonds is 5. The minimum absolute atomic E-state index is 0.0929. The Labute approximate surface area is 173 Å². The first kappa shape index (κ1) is 19.6. The number of amidine groups is 1. The number of nitrogens with zero attached hydrogens (tertiary/aromatic N) is 3. The zero-order chi connectivity index (χ0) is 21.3. The third-order valence-corrected chi connectivity index (χ3v) is 5.14. The van der Waals surface area contributed by atoms with Crippen molar-refractivity contribution in [1.82, 2.24) is 4.98 Å². The van der Waals surface area contributed by atoms with Gasteiger partial charge in [-0.2, -0.15) is 5.26 Å². The van der Waals surface area contributed by atoms with Gasteiger partial charge in [-0.05, 0) is 61.1 Å². The first-order valence-electron chi connectivity index (χ1n) is 9.54. The molecule has 3 N–H and O–H groups in total. The number of alkyl halides is 1. The largest absolute Gasteiger partial charge is 0.428 e. The number of carbonyl (C=O) groups is 1. The van der Waals surface area contributed by atoms with Gasteiger partial charge in [-0.25, -0.2) is 14.4 Å². The Bertz CT molecular complexity index is 1120. The van der Waals surface area contributed by atoms with Crippen LogP contribution >= 0.6 is 0 Å². The smallest absolute Gasteiger partial charge is 0.288 e. The Morgan fingerprint density at radius 3 is 2.93 bits per heavy atom. The second-order valence-electron chi connectivity index (χ2n) is 7.53. The second-order valence-corrected chi connectivity index (χ2v) is 7.53. The fourth-order valence-electron chi connectivity index (χ4n) is 3.52. The van der Waals surface area contributed by atoms with Gasteiger partial charge in [-0.1, -0.05) is 12.1 Å². The number of nitrogens with one attached hydrogen (secondary N) is 1. The van der Waals surface area contributed by atoms with Crippen molar-refractivity contribution in [2.75, 3.05) is 12.0 Å². The molecule has 1 aliphatic carbocycles. The number of amides is 1. The normalized spacial score (nSPS) is 20.4. The third-order valence-electron chi connectivity index (χ3n) is 5.14. The van der Waals surface area contributed by atoms with Gasteiger partial charge < -0.3 is 15.8 Å². The van der Waals surface area contributed by atoms with Gasteiger partial charge in [0, 0.05) is 11.9 Å². The predicted octanol–water partition coefficient (Wildman–Crippen LogP) is 3.50. The molecule has 4 rings (SSSR count). The van der Waals surface area contributed by atoms with Crippen molar-refractivity contribution in [3.63, 3.8) is 0 Å². The van der Waals surface area contributed by atoms with Gasteiger partial charge in [0.25, 0.3) is 11.9 Å². The van der Waals surface area contributed by atoms with Gasteiger partial charge in [0.15, 0.2) is 0 Å². The number of aliphatic imine (C=N–C) groups is 1. The van der Waals surface area contributed by atoms with Gasteiger partial charge >= 0.3 is 0 Å². The minimum atomic E-state index is -0.920. The molecule has 8 heteroatoms. The van der Waals surface area contributed by atoms with Crippen LogP contribution in [0.1, 0.15) is 52.9 Å². The van der Waals surface area contributed by atoms with E-state index in [1.807, 2.05) is 6.07 Å². The molecule has 1 amide bonds. The Morgan fingerprint density at radius 1 is 1.43 bits per heavy atom. The van der Waals surface area contributed by atoms with Crippen molar-refractivity contribution < 1.29 is 13.9 Å². The Kier molecular flexibility index (Phi) is 4.96. The van der Waals surface area contributed by atoms with Crippen LogP contribution in [0.2, 0.25) is 0 Å². The molecule has 1 aromatic heterocycles. The number of hydrogen-bond donors (Lipinski definition) is 2. The molecule has 1 saturated carbocycles. The Hall–Kier alpha value is -3.73. The van der Waals surface area contributed by atoms with Crippen LogP contribution in [0.3, 0.4) is 0 Å². The number of ether oxygens (including phenoxy) is 1. The van der Waals surface area contributed by atoms with Gasteiger partial charge in [0.2, 0.25) is 0 Å². The lowest BCUT2D eigenvalue weighted by atomic mass is 9.91. The minimum Gasteiger partial charge on any atom is -0.428 e. The molecule has 1 aliphatic heterocycles. The summed E-state index contributed by atoms with van der Waals surface area (Å²) in [4.78, 5) is 21.4. The van der Waals surface area contributed by atoms with E-state index in [-0.39, 0.29) is 23.6 Å². The number of carbonyl (C=O) groups excluding carboxylic acids is 1. The molecule has 0 bridgehead atoms. The quantitative estimate of drug-likeness (QED) is 0.790. The topological polar surface area (TPSA) is 113 Å². The molecule has 2 aromatic rings. The molecule has 1 atom stereocenters. The van der Waals surface area contributed by atoms with Gasteiger partial charge in [-0.3, -0.25) is 4.79 Å². The summed E-state index contributed by atoms with van der Waals surface area (Å²) in [6, 6.07) is 10.8. The highest BCUT2D eigenvalue weighted by Gasteiger charge is 2.31. The van der Waals surface area contributed by atoms with E-state index in [1.165, 1.54) is 6.20 Å². The lowest BCUT2D eigenvalue weighted by Crippen LogP contribution is -2.30. The highest BCUT2D eigenvalue weighted by molar-refractivity contribution is 6.04. The Balaban J connectivity index is 1.62. The molecule has 2 heterocycles. The molecule has 152 valence electrons. The fraction of sp³-hybridized carbons (Fsp3) is 0.273. The maximum absolute atomic E-state index is 13.1. The van der Waals surface area contributed by atoms with E-state index >= 15 is 0 Å². The molecular formula is C22H20FN5O2. The monoisotopic (exact) mass is 405 g/mol. The number of halogens is 1. The molecule has 7 nitrogen and oxygen atoms in total. The molecule has 30 heavy (non-hydrogen) atoms. The van der Waals surface area contributed by atoms with Crippen LogP contribution in [0.15, 0.2) is 53.4 Å². The van der Waals surface area contributed by atoms with Gasteiger partial charge in [-0.15, -0.1) is 0 Å². The van der Waals surface area contributed by atoms with Crippen molar-refractivity contribution in [3.8, 4) is 6.07 Å². The average molecular weight is 405 g/mol. The van der Waals surface area contributed by atoms with E-state index in [9.17, 15) is 9.18 Å². The number of pyridine rings is 1. The van der Waals surface area contributed by atoms with Crippen LogP contribution < -0.4 is 11.1 Å². The Morgan fingerprint density at radius 2 is 2.23 bits per heavy atom. The molecule has 1 fully saturated rings. The summed E-state index contributed by atoms with van der Waals surface area (Å²) in [7, 11) is 0. The summed E-state index contributed by atoms with van der Waals surface area (Å²) in [5.41, 5.74) is 7.60. The first-order chi connectivity index (χ1) is 14.4. The number of allylic oxidation sites excluding steroid dienone is 1. The second kappa shape index (κ2) is 7.59. The van der Waals surface area contributed by atoms with Crippen LogP contribution in [0.25, 0.3) is 0 Å². The van der Waals surface area contributed by atoms with Crippen LogP contribution in [0.5, 0.6) is 0 Å². The zero-order valence-corrected chi connectivity index (χ0v) is 16.4. The number of nitriles is 1. The van der Waals surface area contributed by atoms with Crippen molar-refractivity contribution in [2.24, 2.45) is 10.7 Å². The highest BCUT2D eigenvalue weighted by Crippen LogP contribution is 2.41. The van der Waals surface area contributed by atoms with E-state index in [1.54, 1.807) is 37.3 Å². The van der Waals surface area contributed by atoms with Crippen molar-refractivity contribution in [1.29, 1.82) is 5.26 Å². The molecule has 0 unspecified atom stereocenters.